The van der Waals surface area contributed by atoms with Gasteiger partial charge < -0.3 is 5.32 Å². The molecule has 182 valence electrons. The number of carbonyl (C=O) groups is 1. The lowest BCUT2D eigenvalue weighted by Gasteiger charge is -2.38. The second-order valence-corrected chi connectivity index (χ2v) is 10.3. The number of nitrogens with zero attached hydrogens (tertiary/aromatic N) is 3. The minimum atomic E-state index is -3.81. The van der Waals surface area contributed by atoms with Gasteiger partial charge in [0.15, 0.2) is 0 Å². The molecule has 1 aliphatic rings. The van der Waals surface area contributed by atoms with E-state index in [1.807, 2.05) is 66.4 Å². The molecule has 4 rings (SSSR count). The first-order valence-electron chi connectivity index (χ1n) is 11.2. The van der Waals surface area contributed by atoms with E-state index in [1.54, 1.807) is 0 Å². The average molecular weight is 495 g/mol. The minimum absolute atomic E-state index is 0.00766. The van der Waals surface area contributed by atoms with Crippen molar-refractivity contribution in [3.8, 4) is 0 Å². The van der Waals surface area contributed by atoms with E-state index in [2.05, 4.69) is 5.32 Å². The largest absolute Gasteiger partial charge is 0.324 e. The third-order valence-corrected chi connectivity index (χ3v) is 7.92. The van der Waals surface area contributed by atoms with Crippen molar-refractivity contribution in [2.24, 2.45) is 0 Å². The van der Waals surface area contributed by atoms with Crippen LogP contribution in [0.4, 0.5) is 11.4 Å². The summed E-state index contributed by atoms with van der Waals surface area (Å²) in [4.78, 5) is 25.6. The van der Waals surface area contributed by atoms with Crippen LogP contribution in [0.15, 0.2) is 83.8 Å². The Kier molecular flexibility index (Phi) is 7.25. The SMILES string of the molecule is Cc1ccc(NC(=O)[C@@H](c2ccccc2)N2CCN(S(=O)(=O)c3ccc([N+](=O)[O-])cc3)CC2)cc1. The Bertz CT molecular complexity index is 1290. The topological polar surface area (TPSA) is 113 Å². The number of piperazine rings is 1. The van der Waals surface area contributed by atoms with Crippen LogP contribution in [0.3, 0.4) is 0 Å². The van der Waals surface area contributed by atoms with E-state index in [4.69, 9.17) is 0 Å². The van der Waals surface area contributed by atoms with Gasteiger partial charge in [-0.2, -0.15) is 4.31 Å². The lowest BCUT2D eigenvalue weighted by Crippen LogP contribution is -2.51. The summed E-state index contributed by atoms with van der Waals surface area (Å²) >= 11 is 0. The number of hydrogen-bond acceptors (Lipinski definition) is 6. The van der Waals surface area contributed by atoms with Crippen molar-refractivity contribution in [3.05, 3.63) is 100 Å². The zero-order valence-corrected chi connectivity index (χ0v) is 20.0. The highest BCUT2D eigenvalue weighted by molar-refractivity contribution is 7.89. The zero-order valence-electron chi connectivity index (χ0n) is 19.2. The molecule has 0 aromatic heterocycles. The van der Waals surface area contributed by atoms with Gasteiger partial charge in [-0.1, -0.05) is 48.0 Å². The summed E-state index contributed by atoms with van der Waals surface area (Å²) in [6.07, 6.45) is 0. The standard InChI is InChI=1S/C25H26N4O5S/c1-19-7-9-21(10-8-19)26-25(30)24(20-5-3-2-4-6-20)27-15-17-28(18-16-27)35(33,34)23-13-11-22(12-14-23)29(31)32/h2-14,24H,15-18H2,1H3,(H,26,30)/t24-/m1/s1. The number of non-ortho nitro benzene ring substituents is 1. The molecule has 35 heavy (non-hydrogen) atoms. The molecule has 3 aromatic carbocycles. The van der Waals surface area contributed by atoms with E-state index in [9.17, 15) is 23.3 Å². The van der Waals surface area contributed by atoms with E-state index >= 15 is 0 Å². The van der Waals surface area contributed by atoms with Crippen molar-refractivity contribution < 1.29 is 18.1 Å². The molecule has 3 aromatic rings. The van der Waals surface area contributed by atoms with E-state index in [1.165, 1.54) is 28.6 Å². The van der Waals surface area contributed by atoms with Crippen molar-refractivity contribution >= 4 is 27.3 Å². The predicted molar refractivity (Wildman–Crippen MR) is 132 cm³/mol. The number of nitro benzene ring substituents is 1. The van der Waals surface area contributed by atoms with Crippen LogP contribution in [-0.2, 0) is 14.8 Å². The van der Waals surface area contributed by atoms with E-state index in [-0.39, 0.29) is 29.6 Å². The molecule has 1 fully saturated rings. The molecule has 1 heterocycles. The first kappa shape index (κ1) is 24.5. The number of sulfonamides is 1. The van der Waals surface area contributed by atoms with Crippen LogP contribution in [0.5, 0.6) is 0 Å². The molecule has 0 unspecified atom stereocenters. The summed E-state index contributed by atoms with van der Waals surface area (Å²) in [5.74, 6) is -0.188. The lowest BCUT2D eigenvalue weighted by molar-refractivity contribution is -0.384. The second kappa shape index (κ2) is 10.3. The van der Waals surface area contributed by atoms with E-state index in [0.717, 1.165) is 11.1 Å². The summed E-state index contributed by atoms with van der Waals surface area (Å²) < 4.78 is 27.5. The Morgan fingerprint density at radius 1 is 0.914 bits per heavy atom. The normalized spacial score (nSPS) is 15.9. The van der Waals surface area contributed by atoms with Crippen molar-refractivity contribution in [1.82, 2.24) is 9.21 Å². The quantitative estimate of drug-likeness (QED) is 0.397. The molecule has 0 spiro atoms. The smallest absolute Gasteiger partial charge is 0.269 e. The number of carbonyl (C=O) groups excluding carboxylic acids is 1. The number of rotatable bonds is 7. The molecule has 1 N–H and O–H groups in total. The van der Waals surface area contributed by atoms with Crippen LogP contribution in [-0.4, -0.2) is 54.6 Å². The summed E-state index contributed by atoms with van der Waals surface area (Å²) in [7, 11) is -3.81. The zero-order chi connectivity index (χ0) is 25.0. The van der Waals surface area contributed by atoms with Crippen LogP contribution in [0, 0.1) is 17.0 Å². The molecule has 1 aliphatic heterocycles. The number of nitrogens with one attached hydrogen (secondary N) is 1. The first-order valence-corrected chi connectivity index (χ1v) is 12.6. The molecule has 9 nitrogen and oxygen atoms in total. The summed E-state index contributed by atoms with van der Waals surface area (Å²) in [5, 5.41) is 13.9. The molecule has 0 radical (unpaired) electrons. The fraction of sp³-hybridized carbons (Fsp3) is 0.240. The summed E-state index contributed by atoms with van der Waals surface area (Å²) in [6.45, 7) is 3.07. The van der Waals surface area contributed by atoms with Crippen LogP contribution in [0.2, 0.25) is 0 Å². The van der Waals surface area contributed by atoms with Gasteiger partial charge in [0, 0.05) is 44.0 Å². The summed E-state index contributed by atoms with van der Waals surface area (Å²) in [5.41, 5.74) is 2.44. The first-order chi connectivity index (χ1) is 16.8. The maximum absolute atomic E-state index is 13.3. The van der Waals surface area contributed by atoms with Crippen LogP contribution in [0.25, 0.3) is 0 Å². The Morgan fingerprint density at radius 2 is 1.51 bits per heavy atom. The van der Waals surface area contributed by atoms with Gasteiger partial charge in [-0.25, -0.2) is 8.42 Å². The Balaban J connectivity index is 1.50. The Hall–Kier alpha value is -3.60. The molecule has 1 saturated heterocycles. The van der Waals surface area contributed by atoms with Gasteiger partial charge >= 0.3 is 0 Å². The van der Waals surface area contributed by atoms with Gasteiger partial charge in [0.25, 0.3) is 5.69 Å². The number of nitro groups is 1. The highest BCUT2D eigenvalue weighted by Crippen LogP contribution is 2.27. The minimum Gasteiger partial charge on any atom is -0.324 e. The van der Waals surface area contributed by atoms with Gasteiger partial charge in [0.1, 0.15) is 6.04 Å². The maximum atomic E-state index is 13.3. The lowest BCUT2D eigenvalue weighted by atomic mass is 10.0. The fourth-order valence-corrected chi connectivity index (χ4v) is 5.52. The highest BCUT2D eigenvalue weighted by Gasteiger charge is 2.34. The van der Waals surface area contributed by atoms with Crippen molar-refractivity contribution in [3.63, 3.8) is 0 Å². The monoisotopic (exact) mass is 494 g/mol. The number of amides is 1. The third kappa shape index (κ3) is 5.56. The molecular weight excluding hydrogens is 468 g/mol. The fourth-order valence-electron chi connectivity index (χ4n) is 4.10. The molecular formula is C25H26N4O5S. The van der Waals surface area contributed by atoms with Crippen LogP contribution < -0.4 is 5.32 Å². The third-order valence-electron chi connectivity index (χ3n) is 6.01. The average Bonchev–Trinajstić information content (AvgIpc) is 2.86. The van der Waals surface area contributed by atoms with E-state index in [0.29, 0.717) is 18.8 Å². The molecule has 10 heteroatoms. The van der Waals surface area contributed by atoms with E-state index < -0.39 is 21.0 Å². The molecule has 0 aliphatic carbocycles. The van der Waals surface area contributed by atoms with Gasteiger partial charge in [-0.3, -0.25) is 19.8 Å². The highest BCUT2D eigenvalue weighted by atomic mass is 32.2. The van der Waals surface area contributed by atoms with Crippen molar-refractivity contribution in [1.29, 1.82) is 0 Å². The van der Waals surface area contributed by atoms with Gasteiger partial charge in [0.05, 0.1) is 9.82 Å². The van der Waals surface area contributed by atoms with Crippen LogP contribution >= 0.6 is 0 Å². The Morgan fingerprint density at radius 3 is 2.09 bits per heavy atom. The predicted octanol–water partition coefficient (Wildman–Crippen LogP) is 3.59. The Labute approximate surface area is 204 Å². The molecule has 1 amide bonds. The number of hydrogen-bond donors (Lipinski definition) is 1. The maximum Gasteiger partial charge on any atom is 0.269 e. The molecule has 0 bridgehead atoms. The van der Waals surface area contributed by atoms with Crippen molar-refractivity contribution in [2.45, 2.75) is 17.9 Å². The molecule has 1 atom stereocenters. The van der Waals surface area contributed by atoms with Gasteiger partial charge in [-0.15, -0.1) is 0 Å². The number of benzene rings is 3. The van der Waals surface area contributed by atoms with Crippen molar-refractivity contribution in [2.75, 3.05) is 31.5 Å². The van der Waals surface area contributed by atoms with Gasteiger partial charge in [0.2, 0.25) is 15.9 Å². The number of anilines is 1. The van der Waals surface area contributed by atoms with Crippen LogP contribution in [0.1, 0.15) is 17.2 Å². The second-order valence-electron chi connectivity index (χ2n) is 8.36. The summed E-state index contributed by atoms with van der Waals surface area (Å²) in [6, 6.07) is 21.2. The number of aryl methyl sites for hydroxylation is 1. The van der Waals surface area contributed by atoms with Gasteiger partial charge in [-0.05, 0) is 36.8 Å². The molecule has 0 saturated carbocycles.